The van der Waals surface area contributed by atoms with Crippen LogP contribution >= 0.6 is 0 Å². The van der Waals surface area contributed by atoms with Crippen LogP contribution in [0.2, 0.25) is 0 Å². The minimum absolute atomic E-state index is 0.100. The summed E-state index contributed by atoms with van der Waals surface area (Å²) in [6, 6.07) is 5.42. The van der Waals surface area contributed by atoms with E-state index in [2.05, 4.69) is 15.7 Å². The first-order valence-corrected chi connectivity index (χ1v) is 8.23. The van der Waals surface area contributed by atoms with Crippen molar-refractivity contribution < 1.29 is 19.0 Å². The maximum absolute atomic E-state index is 13.6. The maximum atomic E-state index is 13.6. The molecule has 0 spiro atoms. The van der Waals surface area contributed by atoms with Crippen LogP contribution in [0.15, 0.2) is 36.7 Å². The summed E-state index contributed by atoms with van der Waals surface area (Å²) in [5.74, 6) is -0.507. The van der Waals surface area contributed by atoms with Crippen LogP contribution in [0.5, 0.6) is 0 Å². The molecule has 8 heteroatoms. The molecule has 134 valence electrons. The minimum Gasteiger partial charge on any atom is -0.386 e. The number of anilines is 1. The second-order valence-electron chi connectivity index (χ2n) is 5.96. The zero-order valence-corrected chi connectivity index (χ0v) is 13.7. The molecule has 3 rings (SSSR count). The maximum Gasteiger partial charge on any atom is 0.319 e. The van der Waals surface area contributed by atoms with Crippen molar-refractivity contribution in [3.8, 4) is 0 Å². The average Bonchev–Trinajstić information content (AvgIpc) is 3.26. The molecule has 0 bridgehead atoms. The Morgan fingerprint density at radius 2 is 2.32 bits per heavy atom. The van der Waals surface area contributed by atoms with E-state index in [4.69, 9.17) is 4.74 Å². The van der Waals surface area contributed by atoms with Crippen molar-refractivity contribution in [1.29, 1.82) is 0 Å². The Morgan fingerprint density at radius 3 is 3.08 bits per heavy atom. The number of aliphatic hydroxyl groups is 1. The van der Waals surface area contributed by atoms with Crippen molar-refractivity contribution in [2.24, 2.45) is 0 Å². The number of ether oxygens (including phenoxy) is 1. The lowest BCUT2D eigenvalue weighted by molar-refractivity contribution is 0.0940. The van der Waals surface area contributed by atoms with Crippen molar-refractivity contribution >= 4 is 11.7 Å². The van der Waals surface area contributed by atoms with Gasteiger partial charge in [0.05, 0.1) is 30.6 Å². The van der Waals surface area contributed by atoms with Gasteiger partial charge in [-0.1, -0.05) is 18.2 Å². The van der Waals surface area contributed by atoms with Crippen molar-refractivity contribution in [2.45, 2.75) is 31.6 Å². The number of halogens is 1. The number of hydrogen-bond donors (Lipinski definition) is 3. The average molecular weight is 348 g/mol. The highest BCUT2D eigenvalue weighted by molar-refractivity contribution is 5.88. The van der Waals surface area contributed by atoms with E-state index in [-0.39, 0.29) is 18.2 Å². The van der Waals surface area contributed by atoms with Gasteiger partial charge in [-0.2, -0.15) is 5.10 Å². The number of carbonyl (C=O) groups is 1. The predicted octanol–water partition coefficient (Wildman–Crippen LogP) is 2.06. The second kappa shape index (κ2) is 8.09. The van der Waals surface area contributed by atoms with E-state index in [1.807, 2.05) is 0 Å². The van der Waals surface area contributed by atoms with Gasteiger partial charge in [-0.25, -0.2) is 9.18 Å². The summed E-state index contributed by atoms with van der Waals surface area (Å²) in [5, 5.41) is 19.3. The monoisotopic (exact) mass is 348 g/mol. The molecule has 1 fully saturated rings. The first-order valence-electron chi connectivity index (χ1n) is 8.23. The van der Waals surface area contributed by atoms with E-state index in [0.29, 0.717) is 12.2 Å². The van der Waals surface area contributed by atoms with Crippen LogP contribution in [0, 0.1) is 5.82 Å². The Bertz CT molecular complexity index is 715. The van der Waals surface area contributed by atoms with Gasteiger partial charge in [-0.3, -0.25) is 4.68 Å². The third kappa shape index (κ3) is 4.77. The topological polar surface area (TPSA) is 88.4 Å². The van der Waals surface area contributed by atoms with Gasteiger partial charge in [-0.15, -0.1) is 0 Å². The molecule has 2 atom stereocenters. The van der Waals surface area contributed by atoms with Gasteiger partial charge in [0, 0.05) is 24.9 Å². The van der Waals surface area contributed by atoms with Gasteiger partial charge in [0.25, 0.3) is 0 Å². The van der Waals surface area contributed by atoms with Crippen LogP contribution in [0.3, 0.4) is 0 Å². The number of aromatic nitrogens is 2. The first-order chi connectivity index (χ1) is 12.1. The summed E-state index contributed by atoms with van der Waals surface area (Å²) in [4.78, 5) is 11.9. The Labute approximate surface area is 144 Å². The van der Waals surface area contributed by atoms with Gasteiger partial charge in [0.15, 0.2) is 0 Å². The summed E-state index contributed by atoms with van der Waals surface area (Å²) in [7, 11) is 0. The Kier molecular flexibility index (Phi) is 5.62. The molecule has 0 unspecified atom stereocenters. The molecule has 0 aliphatic carbocycles. The van der Waals surface area contributed by atoms with Crippen LogP contribution in [-0.2, 0) is 11.3 Å². The number of urea groups is 1. The molecule has 1 aliphatic rings. The number of amides is 2. The summed E-state index contributed by atoms with van der Waals surface area (Å²) in [5.41, 5.74) is 0.683. The molecular weight excluding hydrogens is 327 g/mol. The third-order valence-corrected chi connectivity index (χ3v) is 4.03. The van der Waals surface area contributed by atoms with E-state index < -0.39 is 18.0 Å². The van der Waals surface area contributed by atoms with E-state index in [9.17, 15) is 14.3 Å². The lowest BCUT2D eigenvalue weighted by Crippen LogP contribution is -2.32. The molecular formula is C17H21FN4O3. The summed E-state index contributed by atoms with van der Waals surface area (Å²) in [6.45, 7) is 1.33. The molecule has 3 N–H and O–H groups in total. The van der Waals surface area contributed by atoms with Gasteiger partial charge in [-0.05, 0) is 18.9 Å². The smallest absolute Gasteiger partial charge is 0.319 e. The van der Waals surface area contributed by atoms with Crippen LogP contribution in [0.25, 0.3) is 0 Å². The quantitative estimate of drug-likeness (QED) is 0.745. The third-order valence-electron chi connectivity index (χ3n) is 4.03. The Hall–Kier alpha value is -2.45. The number of carbonyl (C=O) groups excluding carboxylic acids is 1. The zero-order chi connectivity index (χ0) is 17.6. The van der Waals surface area contributed by atoms with Crippen molar-refractivity contribution in [3.63, 3.8) is 0 Å². The van der Waals surface area contributed by atoms with Gasteiger partial charge < -0.3 is 20.5 Å². The largest absolute Gasteiger partial charge is 0.386 e. The molecule has 2 amide bonds. The number of benzene rings is 1. The highest BCUT2D eigenvalue weighted by Gasteiger charge is 2.17. The van der Waals surface area contributed by atoms with Crippen LogP contribution < -0.4 is 10.6 Å². The number of nitrogens with zero attached hydrogens (tertiary/aromatic N) is 2. The highest BCUT2D eigenvalue weighted by atomic mass is 19.1. The zero-order valence-electron chi connectivity index (χ0n) is 13.7. The number of nitrogens with one attached hydrogen (secondary N) is 2. The molecule has 0 radical (unpaired) electrons. The molecule has 1 aliphatic heterocycles. The van der Waals surface area contributed by atoms with E-state index >= 15 is 0 Å². The van der Waals surface area contributed by atoms with Gasteiger partial charge in [0.2, 0.25) is 0 Å². The Balaban J connectivity index is 1.46. The second-order valence-corrected chi connectivity index (χ2v) is 5.96. The van der Waals surface area contributed by atoms with E-state index in [1.54, 1.807) is 29.2 Å². The SMILES string of the molecule is O=C(NC[C@H](O)c1ccccc1F)Nc1cnn(C[C@H]2CCCO2)c1. The molecule has 1 aromatic heterocycles. The fraction of sp³-hybridized carbons (Fsp3) is 0.412. The molecule has 2 aromatic rings. The molecule has 0 saturated carbocycles. The van der Waals surface area contributed by atoms with E-state index in [1.165, 1.54) is 12.1 Å². The van der Waals surface area contributed by atoms with Crippen molar-refractivity contribution in [1.82, 2.24) is 15.1 Å². The molecule has 7 nitrogen and oxygen atoms in total. The minimum atomic E-state index is -1.12. The van der Waals surface area contributed by atoms with Crippen LogP contribution in [0.4, 0.5) is 14.9 Å². The van der Waals surface area contributed by atoms with E-state index in [0.717, 1.165) is 19.4 Å². The van der Waals surface area contributed by atoms with Crippen molar-refractivity contribution in [2.75, 3.05) is 18.5 Å². The lowest BCUT2D eigenvalue weighted by atomic mass is 10.1. The van der Waals surface area contributed by atoms with Gasteiger partial charge >= 0.3 is 6.03 Å². The highest BCUT2D eigenvalue weighted by Crippen LogP contribution is 2.16. The van der Waals surface area contributed by atoms with Crippen molar-refractivity contribution in [3.05, 3.63) is 48.0 Å². The number of aliphatic hydroxyl groups excluding tert-OH is 1. The van der Waals surface area contributed by atoms with Crippen LogP contribution in [-0.4, -0.2) is 40.2 Å². The Morgan fingerprint density at radius 1 is 1.48 bits per heavy atom. The summed E-state index contributed by atoms with van der Waals surface area (Å²) >= 11 is 0. The summed E-state index contributed by atoms with van der Waals surface area (Å²) in [6.07, 6.45) is 4.38. The molecule has 2 heterocycles. The lowest BCUT2D eigenvalue weighted by Gasteiger charge is -2.13. The van der Waals surface area contributed by atoms with Gasteiger partial charge in [0.1, 0.15) is 5.82 Å². The number of rotatable bonds is 6. The molecule has 1 aromatic carbocycles. The predicted molar refractivity (Wildman–Crippen MR) is 89.6 cm³/mol. The van der Waals surface area contributed by atoms with Crippen LogP contribution in [0.1, 0.15) is 24.5 Å². The fourth-order valence-corrected chi connectivity index (χ4v) is 2.74. The number of hydrogen-bond acceptors (Lipinski definition) is 4. The summed E-state index contributed by atoms with van der Waals surface area (Å²) < 4.78 is 20.8. The molecule has 25 heavy (non-hydrogen) atoms. The standard InChI is InChI=1S/C17H21FN4O3/c18-15-6-2-1-5-14(15)16(23)9-19-17(24)21-12-8-20-22(10-12)11-13-4-3-7-25-13/h1-2,5-6,8,10,13,16,23H,3-4,7,9,11H2,(H2,19,21,24)/t13-,16+/m1/s1. The molecule has 1 saturated heterocycles. The normalized spacial score (nSPS) is 18.1. The fourth-order valence-electron chi connectivity index (χ4n) is 2.74. The first kappa shape index (κ1) is 17.4.